The molecule has 3 heteroatoms. The van der Waals surface area contributed by atoms with Crippen molar-refractivity contribution in [2.45, 2.75) is 45.5 Å². The van der Waals surface area contributed by atoms with Gasteiger partial charge in [-0.15, -0.1) is 0 Å². The molecule has 1 atom stereocenters. The van der Waals surface area contributed by atoms with Crippen molar-refractivity contribution >= 4 is 18.1 Å². The van der Waals surface area contributed by atoms with E-state index < -0.39 is 18.1 Å². The Labute approximate surface area is 68.2 Å². The molecule has 0 saturated heterocycles. The smallest absolute Gasteiger partial charge is 0.165 e. The largest absolute Gasteiger partial charge is 0.460 e. The van der Waals surface area contributed by atoms with Gasteiger partial charge in [-0.2, -0.15) is 0 Å². The molecule has 0 bridgehead atoms. The lowest BCUT2D eigenvalue weighted by atomic mass is 10.3. The molecule has 0 N–H and O–H groups in total. The van der Waals surface area contributed by atoms with Crippen LogP contribution in [0.1, 0.15) is 20.8 Å². The fourth-order valence-electron chi connectivity index (χ4n) is 0.612. The third kappa shape index (κ3) is 4.25. The van der Waals surface area contributed by atoms with Crippen molar-refractivity contribution in [3.8, 4) is 0 Å². The van der Waals surface area contributed by atoms with Crippen LogP contribution in [-0.2, 0) is 4.12 Å². The molecule has 0 amide bonds. The summed E-state index contributed by atoms with van der Waals surface area (Å²) >= 11 is 0. The lowest BCUT2D eigenvalue weighted by Crippen LogP contribution is -2.30. The zero-order valence-corrected chi connectivity index (χ0v) is 10.4. The fraction of sp³-hybridized carbons (Fsp3) is 1.00. The maximum Gasteiger partial charge on any atom is 0.165 e. The third-order valence-electron chi connectivity index (χ3n) is 1.70. The van der Waals surface area contributed by atoms with Crippen LogP contribution in [-0.4, -0.2) is 18.1 Å². The molecule has 0 aliphatic carbocycles. The maximum atomic E-state index is 5.89. The first-order valence-corrected chi connectivity index (χ1v) is 8.98. The van der Waals surface area contributed by atoms with Gasteiger partial charge >= 0.3 is 0 Å². The molecule has 0 saturated carbocycles. The summed E-state index contributed by atoms with van der Waals surface area (Å²) in [6.45, 7) is 13.6. The summed E-state index contributed by atoms with van der Waals surface area (Å²) < 4.78 is 5.89. The van der Waals surface area contributed by atoms with Crippen LogP contribution in [0, 0.1) is 0 Å². The summed E-state index contributed by atoms with van der Waals surface area (Å²) in [6, 6.07) is 0. The van der Waals surface area contributed by atoms with Gasteiger partial charge in [0.1, 0.15) is 0 Å². The molecule has 0 heterocycles. The Morgan fingerprint density at radius 3 is 1.50 bits per heavy atom. The Kier molecular flexibility index (Phi) is 3.83. The van der Waals surface area contributed by atoms with Crippen LogP contribution >= 0.6 is 0 Å². The number of rotatable bonds is 2. The lowest BCUT2D eigenvalue weighted by molar-refractivity contribution is 0.537. The number of hydrogen-bond donors (Lipinski definition) is 0. The van der Waals surface area contributed by atoms with Crippen molar-refractivity contribution in [1.29, 1.82) is 0 Å². The van der Waals surface area contributed by atoms with Crippen molar-refractivity contribution in [3.05, 3.63) is 0 Å². The monoisotopic (exact) mass is 176 g/mol. The van der Waals surface area contributed by atoms with E-state index in [4.69, 9.17) is 4.12 Å². The Bertz CT molecular complexity index is 96.3. The molecule has 0 aliphatic rings. The molecule has 0 aromatic rings. The quantitative estimate of drug-likeness (QED) is 0.586. The lowest BCUT2D eigenvalue weighted by Gasteiger charge is -2.27. The van der Waals surface area contributed by atoms with Crippen LogP contribution in [0.15, 0.2) is 0 Å². The van der Waals surface area contributed by atoms with Gasteiger partial charge in [0, 0.05) is 0 Å². The van der Waals surface area contributed by atoms with Crippen molar-refractivity contribution in [2.24, 2.45) is 0 Å². The second-order valence-corrected chi connectivity index (χ2v) is 10.4. The average Bonchev–Trinajstić information content (AvgIpc) is 1.60. The Hall–Kier alpha value is 0.394. The molecule has 0 aliphatic heterocycles. The standard InChI is InChI=1S/C7H20OSi2/c1-7(2,3)10(6)8-9(4)5/h9-10H,1-6H3. The van der Waals surface area contributed by atoms with Crippen LogP contribution < -0.4 is 0 Å². The van der Waals surface area contributed by atoms with E-state index in [2.05, 4.69) is 40.4 Å². The van der Waals surface area contributed by atoms with E-state index >= 15 is 0 Å². The highest BCUT2D eigenvalue weighted by molar-refractivity contribution is 6.65. The van der Waals surface area contributed by atoms with Crippen LogP contribution in [0.5, 0.6) is 0 Å². The van der Waals surface area contributed by atoms with Crippen LogP contribution in [0.3, 0.4) is 0 Å². The summed E-state index contributed by atoms with van der Waals surface area (Å²) in [5.74, 6) is 0. The highest BCUT2D eigenvalue weighted by Crippen LogP contribution is 2.27. The fourth-order valence-corrected chi connectivity index (χ4v) is 5.51. The highest BCUT2D eigenvalue weighted by Gasteiger charge is 2.23. The molecule has 0 spiro atoms. The van der Waals surface area contributed by atoms with Crippen LogP contribution in [0.4, 0.5) is 0 Å². The van der Waals surface area contributed by atoms with Crippen molar-refractivity contribution in [3.63, 3.8) is 0 Å². The van der Waals surface area contributed by atoms with Crippen molar-refractivity contribution in [2.75, 3.05) is 0 Å². The van der Waals surface area contributed by atoms with Gasteiger partial charge in [-0.05, 0) is 24.7 Å². The van der Waals surface area contributed by atoms with Crippen molar-refractivity contribution < 1.29 is 4.12 Å². The molecule has 0 rings (SSSR count). The summed E-state index contributed by atoms with van der Waals surface area (Å²) in [5.41, 5.74) is 0. The Morgan fingerprint density at radius 1 is 1.00 bits per heavy atom. The summed E-state index contributed by atoms with van der Waals surface area (Å²) in [6.07, 6.45) is 0. The van der Waals surface area contributed by atoms with E-state index in [0.29, 0.717) is 5.04 Å². The third-order valence-corrected chi connectivity index (χ3v) is 7.95. The van der Waals surface area contributed by atoms with E-state index in [1.165, 1.54) is 0 Å². The Morgan fingerprint density at radius 2 is 1.40 bits per heavy atom. The predicted molar refractivity (Wildman–Crippen MR) is 52.7 cm³/mol. The zero-order chi connectivity index (χ0) is 8.36. The van der Waals surface area contributed by atoms with Gasteiger partial charge in [0.2, 0.25) is 0 Å². The average molecular weight is 176 g/mol. The minimum absolute atomic E-state index is 0.442. The minimum Gasteiger partial charge on any atom is -0.460 e. The highest BCUT2D eigenvalue weighted by atomic mass is 28.4. The molecular weight excluding hydrogens is 156 g/mol. The predicted octanol–water partition coefficient (Wildman–Crippen LogP) is 2.14. The van der Waals surface area contributed by atoms with Crippen molar-refractivity contribution in [1.82, 2.24) is 0 Å². The van der Waals surface area contributed by atoms with E-state index in [0.717, 1.165) is 0 Å². The Balaban J connectivity index is 3.73. The van der Waals surface area contributed by atoms with Gasteiger partial charge in [0.25, 0.3) is 0 Å². The van der Waals surface area contributed by atoms with Gasteiger partial charge in [0.05, 0.1) is 0 Å². The second kappa shape index (κ2) is 3.69. The topological polar surface area (TPSA) is 9.23 Å². The normalized spacial score (nSPS) is 15.9. The molecule has 1 nitrogen and oxygen atoms in total. The first kappa shape index (κ1) is 10.4. The number of hydrogen-bond acceptors (Lipinski definition) is 1. The molecule has 0 aromatic carbocycles. The van der Waals surface area contributed by atoms with Gasteiger partial charge in [-0.25, -0.2) is 0 Å². The second-order valence-electron chi connectivity index (χ2n) is 4.19. The SMILES string of the molecule is C[SiH](C)O[SiH](C)C(C)(C)C. The molecule has 0 aromatic heterocycles. The summed E-state index contributed by atoms with van der Waals surface area (Å²) in [7, 11) is -1.65. The van der Waals surface area contributed by atoms with Crippen LogP contribution in [0.25, 0.3) is 0 Å². The summed E-state index contributed by atoms with van der Waals surface area (Å²) in [5, 5.41) is 0.442. The molecular formula is C7H20OSi2. The van der Waals surface area contributed by atoms with E-state index in [9.17, 15) is 0 Å². The van der Waals surface area contributed by atoms with Gasteiger partial charge in [0.15, 0.2) is 18.1 Å². The summed E-state index contributed by atoms with van der Waals surface area (Å²) in [4.78, 5) is 0. The zero-order valence-electron chi connectivity index (χ0n) is 8.06. The maximum absolute atomic E-state index is 5.89. The van der Waals surface area contributed by atoms with E-state index in [-0.39, 0.29) is 0 Å². The molecule has 0 fully saturated rings. The van der Waals surface area contributed by atoms with Gasteiger partial charge < -0.3 is 4.12 Å². The molecule has 10 heavy (non-hydrogen) atoms. The van der Waals surface area contributed by atoms with Gasteiger partial charge in [-0.3, -0.25) is 0 Å². The van der Waals surface area contributed by atoms with E-state index in [1.807, 2.05) is 0 Å². The minimum atomic E-state index is -0.887. The van der Waals surface area contributed by atoms with E-state index in [1.54, 1.807) is 0 Å². The molecule has 1 unspecified atom stereocenters. The van der Waals surface area contributed by atoms with Crippen LogP contribution in [0.2, 0.25) is 24.7 Å². The first-order valence-electron chi connectivity index (χ1n) is 3.99. The molecule has 0 radical (unpaired) electrons. The molecule has 62 valence electrons. The van der Waals surface area contributed by atoms with Gasteiger partial charge in [-0.1, -0.05) is 20.8 Å². The first-order chi connectivity index (χ1) is 4.34.